The Balaban J connectivity index is 2.50. The molecule has 1 aromatic heterocycles. The van der Waals surface area contributed by atoms with Crippen LogP contribution in [-0.4, -0.2) is 16.4 Å². The van der Waals surface area contributed by atoms with Crippen LogP contribution in [0.3, 0.4) is 0 Å². The van der Waals surface area contributed by atoms with E-state index in [-0.39, 0.29) is 0 Å². The molecule has 2 heterocycles. The topological polar surface area (TPSA) is 27.1 Å². The van der Waals surface area contributed by atoms with Crippen LogP contribution in [0, 0.1) is 6.92 Å². The van der Waals surface area contributed by atoms with Crippen LogP contribution in [0.5, 0.6) is 5.88 Å². The van der Waals surface area contributed by atoms with Gasteiger partial charge in [0.25, 0.3) is 0 Å². The number of hydrogen-bond donors (Lipinski definition) is 0. The highest BCUT2D eigenvalue weighted by molar-refractivity contribution is 5.31. The van der Waals surface area contributed by atoms with Crippen molar-refractivity contribution in [3.63, 3.8) is 0 Å². The molecule has 2 rings (SSSR count). The standard InChI is InChI=1S/C8H12N2O/c1-6-7-4-3-5-11-8(7)9-10(6)2/h3-5H2,1-2H3. The fourth-order valence-corrected chi connectivity index (χ4v) is 1.44. The van der Waals surface area contributed by atoms with Crippen LogP contribution in [0.25, 0.3) is 0 Å². The van der Waals surface area contributed by atoms with E-state index in [9.17, 15) is 0 Å². The fraction of sp³-hybridized carbons (Fsp3) is 0.625. The molecule has 1 aliphatic rings. The zero-order valence-electron chi connectivity index (χ0n) is 6.92. The second-order valence-electron chi connectivity index (χ2n) is 2.94. The van der Waals surface area contributed by atoms with Crippen molar-refractivity contribution in [2.24, 2.45) is 7.05 Å². The molecule has 0 fully saturated rings. The number of aryl methyl sites for hydroxylation is 1. The second kappa shape index (κ2) is 2.26. The Hall–Kier alpha value is -0.990. The number of hydrogen-bond acceptors (Lipinski definition) is 2. The van der Waals surface area contributed by atoms with Crippen LogP contribution in [-0.2, 0) is 13.5 Å². The molecule has 1 aliphatic heterocycles. The Morgan fingerprint density at radius 1 is 1.55 bits per heavy atom. The summed E-state index contributed by atoms with van der Waals surface area (Å²) in [5.74, 6) is 0.844. The van der Waals surface area contributed by atoms with E-state index in [0.717, 1.165) is 25.3 Å². The van der Waals surface area contributed by atoms with E-state index >= 15 is 0 Å². The second-order valence-corrected chi connectivity index (χ2v) is 2.94. The first-order valence-electron chi connectivity index (χ1n) is 3.94. The molecule has 0 radical (unpaired) electrons. The van der Waals surface area contributed by atoms with E-state index < -0.39 is 0 Å². The van der Waals surface area contributed by atoms with Crippen molar-refractivity contribution >= 4 is 0 Å². The summed E-state index contributed by atoms with van der Waals surface area (Å²) in [7, 11) is 1.96. The smallest absolute Gasteiger partial charge is 0.236 e. The van der Waals surface area contributed by atoms with Gasteiger partial charge < -0.3 is 4.74 Å². The van der Waals surface area contributed by atoms with Gasteiger partial charge in [-0.05, 0) is 19.8 Å². The van der Waals surface area contributed by atoms with Gasteiger partial charge >= 0.3 is 0 Å². The first kappa shape index (κ1) is 6.70. The van der Waals surface area contributed by atoms with Crippen LogP contribution in [0.15, 0.2) is 0 Å². The SMILES string of the molecule is Cc1c2c(nn1C)OCCC2. The van der Waals surface area contributed by atoms with Gasteiger partial charge in [-0.3, -0.25) is 4.68 Å². The molecule has 0 atom stereocenters. The van der Waals surface area contributed by atoms with Gasteiger partial charge in [0.15, 0.2) is 0 Å². The summed E-state index contributed by atoms with van der Waals surface area (Å²) < 4.78 is 7.28. The van der Waals surface area contributed by atoms with Gasteiger partial charge in [-0.15, -0.1) is 5.10 Å². The molecule has 0 aromatic carbocycles. The Bertz CT molecular complexity index is 278. The van der Waals surface area contributed by atoms with Crippen LogP contribution in [0.4, 0.5) is 0 Å². The van der Waals surface area contributed by atoms with Crippen molar-refractivity contribution in [3.05, 3.63) is 11.3 Å². The third-order valence-electron chi connectivity index (χ3n) is 2.23. The Kier molecular flexibility index (Phi) is 1.37. The lowest BCUT2D eigenvalue weighted by molar-refractivity contribution is 0.276. The van der Waals surface area contributed by atoms with Crippen molar-refractivity contribution in [1.29, 1.82) is 0 Å². The van der Waals surface area contributed by atoms with E-state index in [4.69, 9.17) is 4.74 Å². The highest BCUT2D eigenvalue weighted by Gasteiger charge is 2.17. The van der Waals surface area contributed by atoms with Gasteiger partial charge in [0.1, 0.15) is 0 Å². The molecule has 0 unspecified atom stereocenters. The maximum absolute atomic E-state index is 5.39. The molecule has 0 saturated heterocycles. The van der Waals surface area contributed by atoms with Gasteiger partial charge in [-0.1, -0.05) is 0 Å². The Morgan fingerprint density at radius 3 is 3.09 bits per heavy atom. The highest BCUT2D eigenvalue weighted by Crippen LogP contribution is 2.25. The van der Waals surface area contributed by atoms with E-state index in [1.54, 1.807) is 0 Å². The van der Waals surface area contributed by atoms with E-state index in [1.165, 1.54) is 11.3 Å². The molecular formula is C8H12N2O. The zero-order valence-corrected chi connectivity index (χ0v) is 6.92. The summed E-state index contributed by atoms with van der Waals surface area (Å²) in [6.45, 7) is 2.91. The van der Waals surface area contributed by atoms with Crippen LogP contribution in [0.1, 0.15) is 17.7 Å². The van der Waals surface area contributed by atoms with Gasteiger partial charge in [0.05, 0.1) is 6.61 Å². The molecule has 0 spiro atoms. The molecule has 3 heteroatoms. The molecule has 0 N–H and O–H groups in total. The molecular weight excluding hydrogens is 140 g/mol. The monoisotopic (exact) mass is 152 g/mol. The van der Waals surface area contributed by atoms with Crippen molar-refractivity contribution in [2.75, 3.05) is 6.61 Å². The minimum Gasteiger partial charge on any atom is -0.476 e. The molecule has 0 saturated carbocycles. The highest BCUT2D eigenvalue weighted by atomic mass is 16.5. The van der Waals surface area contributed by atoms with Gasteiger partial charge in [-0.2, -0.15) is 0 Å². The Labute approximate surface area is 66.0 Å². The normalized spacial score (nSPS) is 15.8. The lowest BCUT2D eigenvalue weighted by Gasteiger charge is -2.10. The third-order valence-corrected chi connectivity index (χ3v) is 2.23. The Morgan fingerprint density at radius 2 is 2.36 bits per heavy atom. The predicted molar refractivity (Wildman–Crippen MR) is 41.8 cm³/mol. The van der Waals surface area contributed by atoms with E-state index in [2.05, 4.69) is 12.0 Å². The lowest BCUT2D eigenvalue weighted by atomic mass is 10.1. The van der Waals surface area contributed by atoms with E-state index in [1.807, 2.05) is 11.7 Å². The third kappa shape index (κ3) is 0.914. The summed E-state index contributed by atoms with van der Waals surface area (Å²) >= 11 is 0. The summed E-state index contributed by atoms with van der Waals surface area (Å²) in [6, 6.07) is 0. The summed E-state index contributed by atoms with van der Waals surface area (Å²) in [5.41, 5.74) is 2.53. The van der Waals surface area contributed by atoms with Gasteiger partial charge in [-0.25, -0.2) is 0 Å². The quantitative estimate of drug-likeness (QED) is 0.555. The number of ether oxygens (including phenoxy) is 1. The number of nitrogens with zero attached hydrogens (tertiary/aromatic N) is 2. The number of aromatic nitrogens is 2. The van der Waals surface area contributed by atoms with Crippen LogP contribution >= 0.6 is 0 Å². The lowest BCUT2D eigenvalue weighted by Crippen LogP contribution is -2.07. The molecule has 1 aromatic rings. The van der Waals surface area contributed by atoms with Gasteiger partial charge in [0.2, 0.25) is 5.88 Å². The maximum Gasteiger partial charge on any atom is 0.236 e. The summed E-state index contributed by atoms with van der Waals surface area (Å²) in [6.07, 6.45) is 2.24. The van der Waals surface area contributed by atoms with Crippen molar-refractivity contribution in [3.8, 4) is 5.88 Å². The average Bonchev–Trinajstić information content (AvgIpc) is 2.30. The van der Waals surface area contributed by atoms with E-state index in [0.29, 0.717) is 0 Å². The molecule has 0 amide bonds. The zero-order chi connectivity index (χ0) is 7.84. The molecule has 3 nitrogen and oxygen atoms in total. The molecule has 0 bridgehead atoms. The van der Waals surface area contributed by atoms with Crippen molar-refractivity contribution in [1.82, 2.24) is 9.78 Å². The minimum absolute atomic E-state index is 0.823. The number of rotatable bonds is 0. The van der Waals surface area contributed by atoms with Crippen LogP contribution < -0.4 is 4.74 Å². The maximum atomic E-state index is 5.39. The summed E-state index contributed by atoms with van der Waals surface area (Å²) in [5, 5.41) is 4.25. The minimum atomic E-state index is 0.823. The molecule has 11 heavy (non-hydrogen) atoms. The average molecular weight is 152 g/mol. The van der Waals surface area contributed by atoms with Gasteiger partial charge in [0, 0.05) is 18.3 Å². The fourth-order valence-electron chi connectivity index (χ4n) is 1.44. The van der Waals surface area contributed by atoms with Crippen molar-refractivity contribution in [2.45, 2.75) is 19.8 Å². The van der Waals surface area contributed by atoms with Crippen LogP contribution in [0.2, 0.25) is 0 Å². The first-order chi connectivity index (χ1) is 5.29. The summed E-state index contributed by atoms with van der Waals surface area (Å²) in [4.78, 5) is 0. The molecule has 60 valence electrons. The van der Waals surface area contributed by atoms with Crippen molar-refractivity contribution < 1.29 is 4.74 Å². The number of fused-ring (bicyclic) bond motifs is 1. The predicted octanol–water partition coefficient (Wildman–Crippen LogP) is 1.05. The largest absolute Gasteiger partial charge is 0.476 e. The first-order valence-corrected chi connectivity index (χ1v) is 3.94. The molecule has 0 aliphatic carbocycles.